The second-order valence-electron chi connectivity index (χ2n) is 4.95. The summed E-state index contributed by atoms with van der Waals surface area (Å²) < 4.78 is 40.5. The monoisotopic (exact) mass is 288 g/mol. The molecule has 1 unspecified atom stereocenters. The van der Waals surface area contributed by atoms with Gasteiger partial charge in [-0.15, -0.1) is 0 Å². The van der Waals surface area contributed by atoms with Gasteiger partial charge in [0.2, 0.25) is 10.0 Å². The topological polar surface area (TPSA) is 58.2 Å². The maximum Gasteiger partial charge on any atom is 0.243 e. The highest BCUT2D eigenvalue weighted by Crippen LogP contribution is 2.17. The van der Waals surface area contributed by atoms with Gasteiger partial charge in [0.1, 0.15) is 10.7 Å². The highest BCUT2D eigenvalue weighted by atomic mass is 32.2. The molecule has 1 aromatic carbocycles. The average Bonchev–Trinajstić information content (AvgIpc) is 2.31. The van der Waals surface area contributed by atoms with Crippen LogP contribution in [0.25, 0.3) is 0 Å². The van der Waals surface area contributed by atoms with Gasteiger partial charge < -0.3 is 5.32 Å². The lowest BCUT2D eigenvalue weighted by Crippen LogP contribution is -2.36. The Morgan fingerprint density at radius 2 is 1.89 bits per heavy atom. The third-order valence-corrected chi connectivity index (χ3v) is 4.58. The Morgan fingerprint density at radius 3 is 2.42 bits per heavy atom. The van der Waals surface area contributed by atoms with Crippen molar-refractivity contribution in [3.05, 3.63) is 29.6 Å². The van der Waals surface area contributed by atoms with Crippen molar-refractivity contribution in [3.63, 3.8) is 0 Å². The molecule has 1 rings (SSSR count). The number of rotatable bonds is 6. The minimum Gasteiger partial charge on any atom is -0.316 e. The van der Waals surface area contributed by atoms with E-state index in [1.54, 1.807) is 20.0 Å². The molecule has 0 bridgehead atoms. The van der Waals surface area contributed by atoms with Crippen LogP contribution in [0.15, 0.2) is 23.1 Å². The molecule has 0 aliphatic heterocycles. The Hall–Kier alpha value is -0.980. The lowest BCUT2D eigenvalue weighted by Gasteiger charge is -2.18. The summed E-state index contributed by atoms with van der Waals surface area (Å²) in [5.41, 5.74) is 0.724. The van der Waals surface area contributed by atoms with Gasteiger partial charge in [-0.3, -0.25) is 0 Å². The van der Waals surface area contributed by atoms with Crippen LogP contribution in [0.2, 0.25) is 0 Å². The maximum absolute atomic E-state index is 13.7. The maximum atomic E-state index is 13.7. The van der Waals surface area contributed by atoms with Gasteiger partial charge in [0.15, 0.2) is 0 Å². The molecular weight excluding hydrogens is 267 g/mol. The summed E-state index contributed by atoms with van der Waals surface area (Å²) in [5, 5.41) is 2.90. The number of hydrogen-bond acceptors (Lipinski definition) is 3. The van der Waals surface area contributed by atoms with Crippen LogP contribution in [-0.4, -0.2) is 21.5 Å². The Labute approximate surface area is 114 Å². The normalized spacial score (nSPS) is 13.8. The van der Waals surface area contributed by atoms with Crippen LogP contribution >= 0.6 is 0 Å². The highest BCUT2D eigenvalue weighted by Gasteiger charge is 2.22. The Morgan fingerprint density at radius 1 is 1.26 bits per heavy atom. The fourth-order valence-corrected chi connectivity index (χ4v) is 3.03. The van der Waals surface area contributed by atoms with Crippen LogP contribution in [0.4, 0.5) is 4.39 Å². The minimum atomic E-state index is -3.83. The molecule has 4 nitrogen and oxygen atoms in total. The van der Waals surface area contributed by atoms with Crippen molar-refractivity contribution >= 4 is 10.0 Å². The summed E-state index contributed by atoms with van der Waals surface area (Å²) in [6, 6.07) is 3.86. The van der Waals surface area contributed by atoms with Gasteiger partial charge in [-0.05, 0) is 37.6 Å². The van der Waals surface area contributed by atoms with Crippen molar-refractivity contribution in [2.24, 2.45) is 5.92 Å². The van der Waals surface area contributed by atoms with Crippen LogP contribution in [0.3, 0.4) is 0 Å². The molecule has 1 atom stereocenters. The van der Waals surface area contributed by atoms with Gasteiger partial charge in [-0.2, -0.15) is 0 Å². The number of benzene rings is 1. The highest BCUT2D eigenvalue weighted by molar-refractivity contribution is 7.89. The molecule has 0 aromatic heterocycles. The van der Waals surface area contributed by atoms with E-state index in [0.717, 1.165) is 5.56 Å². The molecule has 0 fully saturated rings. The minimum absolute atomic E-state index is 0.137. The second-order valence-corrected chi connectivity index (χ2v) is 6.63. The quantitative estimate of drug-likeness (QED) is 0.840. The molecule has 1 aromatic rings. The third-order valence-electron chi connectivity index (χ3n) is 3.01. The zero-order valence-corrected chi connectivity index (χ0v) is 12.5. The van der Waals surface area contributed by atoms with E-state index >= 15 is 0 Å². The third kappa shape index (κ3) is 4.26. The lowest BCUT2D eigenvalue weighted by molar-refractivity contribution is 0.473. The SMILES string of the molecule is CNCc1ccc(F)c(S(=O)(=O)NC(C)C(C)C)c1. The number of nitrogens with one attached hydrogen (secondary N) is 2. The summed E-state index contributed by atoms with van der Waals surface area (Å²) in [5.74, 6) is -0.596. The van der Waals surface area contributed by atoms with Crippen LogP contribution in [-0.2, 0) is 16.6 Å². The van der Waals surface area contributed by atoms with Crippen LogP contribution in [0, 0.1) is 11.7 Å². The Kier molecular flexibility index (Phi) is 5.46. The van der Waals surface area contributed by atoms with Crippen molar-refractivity contribution in [1.82, 2.24) is 10.0 Å². The molecule has 0 saturated carbocycles. The molecule has 0 aliphatic carbocycles. The van der Waals surface area contributed by atoms with Gasteiger partial charge in [0.05, 0.1) is 0 Å². The summed E-state index contributed by atoms with van der Waals surface area (Å²) in [7, 11) is -2.08. The first-order valence-corrected chi connectivity index (χ1v) is 7.71. The summed E-state index contributed by atoms with van der Waals surface area (Å²) in [6.45, 7) is 6.06. The first-order chi connectivity index (χ1) is 8.77. The lowest BCUT2D eigenvalue weighted by atomic mass is 10.1. The molecular formula is C13H21FN2O2S. The first-order valence-electron chi connectivity index (χ1n) is 6.23. The fraction of sp³-hybridized carbons (Fsp3) is 0.538. The van der Waals surface area contributed by atoms with Crippen molar-refractivity contribution < 1.29 is 12.8 Å². The molecule has 2 N–H and O–H groups in total. The van der Waals surface area contributed by atoms with E-state index in [-0.39, 0.29) is 16.9 Å². The van der Waals surface area contributed by atoms with E-state index in [2.05, 4.69) is 10.0 Å². The zero-order valence-electron chi connectivity index (χ0n) is 11.7. The van der Waals surface area contributed by atoms with E-state index in [9.17, 15) is 12.8 Å². The molecule has 19 heavy (non-hydrogen) atoms. The molecule has 108 valence electrons. The molecule has 0 spiro atoms. The predicted molar refractivity (Wildman–Crippen MR) is 73.8 cm³/mol. The van der Waals surface area contributed by atoms with Crippen molar-refractivity contribution in [3.8, 4) is 0 Å². The number of hydrogen-bond donors (Lipinski definition) is 2. The smallest absolute Gasteiger partial charge is 0.243 e. The van der Waals surface area contributed by atoms with E-state index in [1.165, 1.54) is 12.1 Å². The second kappa shape index (κ2) is 6.45. The van der Waals surface area contributed by atoms with Crippen LogP contribution < -0.4 is 10.0 Å². The molecule has 0 amide bonds. The van der Waals surface area contributed by atoms with Crippen molar-refractivity contribution in [2.45, 2.75) is 38.3 Å². The molecule has 0 aliphatic rings. The fourth-order valence-electron chi connectivity index (χ4n) is 1.51. The van der Waals surface area contributed by atoms with Crippen LogP contribution in [0.5, 0.6) is 0 Å². The van der Waals surface area contributed by atoms with Gasteiger partial charge >= 0.3 is 0 Å². The van der Waals surface area contributed by atoms with Gasteiger partial charge in [-0.25, -0.2) is 17.5 Å². The van der Waals surface area contributed by atoms with Gasteiger partial charge in [0, 0.05) is 12.6 Å². The standard InChI is InChI=1S/C13H21FN2O2S/c1-9(2)10(3)16-19(17,18)13-7-11(8-15-4)5-6-12(13)14/h5-7,9-10,15-16H,8H2,1-4H3. The summed E-state index contributed by atoms with van der Waals surface area (Å²) >= 11 is 0. The zero-order chi connectivity index (χ0) is 14.6. The van der Waals surface area contributed by atoms with E-state index in [4.69, 9.17) is 0 Å². The summed E-state index contributed by atoms with van der Waals surface area (Å²) in [6.07, 6.45) is 0. The summed E-state index contributed by atoms with van der Waals surface area (Å²) in [4.78, 5) is -0.298. The molecule has 0 radical (unpaired) electrons. The first kappa shape index (κ1) is 16.1. The van der Waals surface area contributed by atoms with E-state index < -0.39 is 15.8 Å². The average molecular weight is 288 g/mol. The molecule has 6 heteroatoms. The number of halogens is 1. The van der Waals surface area contributed by atoms with Crippen LogP contribution in [0.1, 0.15) is 26.3 Å². The van der Waals surface area contributed by atoms with Gasteiger partial charge in [0.25, 0.3) is 0 Å². The van der Waals surface area contributed by atoms with Gasteiger partial charge in [-0.1, -0.05) is 19.9 Å². The van der Waals surface area contributed by atoms with Crippen molar-refractivity contribution in [2.75, 3.05) is 7.05 Å². The Bertz CT molecular complexity index is 529. The largest absolute Gasteiger partial charge is 0.316 e. The molecule has 0 saturated heterocycles. The predicted octanol–water partition coefficient (Wildman–Crippen LogP) is 1.87. The van der Waals surface area contributed by atoms with E-state index in [1.807, 2.05) is 13.8 Å². The van der Waals surface area contributed by atoms with E-state index in [0.29, 0.717) is 6.54 Å². The molecule has 0 heterocycles. The number of sulfonamides is 1. The Balaban J connectivity index is 3.09. The van der Waals surface area contributed by atoms with Crippen molar-refractivity contribution in [1.29, 1.82) is 0 Å².